The molecule has 2 aliphatic rings. The van der Waals surface area contributed by atoms with Crippen molar-refractivity contribution in [2.24, 2.45) is 11.7 Å². The lowest BCUT2D eigenvalue weighted by Crippen LogP contribution is -2.42. The predicted octanol–water partition coefficient (Wildman–Crippen LogP) is 1.62. The first kappa shape index (κ1) is 12.8. The molecule has 0 aromatic heterocycles. The molecular weight excluding hydrogens is 218 g/mol. The van der Waals surface area contributed by atoms with Gasteiger partial charge in [-0.25, -0.2) is 0 Å². The molecule has 0 aromatic rings. The van der Waals surface area contributed by atoms with Gasteiger partial charge >= 0.3 is 5.97 Å². The van der Waals surface area contributed by atoms with Crippen LogP contribution in [0.5, 0.6) is 0 Å². The minimum absolute atomic E-state index is 0.0193. The number of nitrogens with two attached hydrogens (primary N) is 1. The fourth-order valence-electron chi connectivity index (χ4n) is 2.72. The highest BCUT2D eigenvalue weighted by Gasteiger charge is 2.29. The van der Waals surface area contributed by atoms with Crippen LogP contribution in [0.25, 0.3) is 0 Å². The minimum atomic E-state index is -0.418. The third kappa shape index (κ3) is 3.68. The van der Waals surface area contributed by atoms with Gasteiger partial charge in [0.1, 0.15) is 12.1 Å². The lowest BCUT2D eigenvalue weighted by molar-refractivity contribution is -0.156. The molecule has 1 unspecified atom stereocenters. The molecule has 17 heavy (non-hydrogen) atoms. The van der Waals surface area contributed by atoms with Gasteiger partial charge in [0, 0.05) is 12.8 Å². The Balaban J connectivity index is 1.77. The first-order valence-corrected chi connectivity index (χ1v) is 6.81. The summed E-state index contributed by atoms with van der Waals surface area (Å²) in [5, 5.41) is 0. The molecule has 98 valence electrons. The number of carbonyl (C=O) groups is 1. The highest BCUT2D eigenvalue weighted by atomic mass is 16.6. The molecule has 1 saturated carbocycles. The Morgan fingerprint density at radius 2 is 1.76 bits per heavy atom. The Labute approximate surface area is 103 Å². The summed E-state index contributed by atoms with van der Waals surface area (Å²) in [6, 6.07) is -0.418. The van der Waals surface area contributed by atoms with E-state index in [9.17, 15) is 4.79 Å². The first-order valence-electron chi connectivity index (χ1n) is 6.81. The van der Waals surface area contributed by atoms with E-state index in [0.29, 0.717) is 19.1 Å². The number of rotatable bonds is 3. The quantitative estimate of drug-likeness (QED) is 0.763. The van der Waals surface area contributed by atoms with Gasteiger partial charge in [-0.2, -0.15) is 0 Å². The van der Waals surface area contributed by atoms with Crippen LogP contribution >= 0.6 is 0 Å². The van der Waals surface area contributed by atoms with Crippen LogP contribution in [0.2, 0.25) is 0 Å². The van der Waals surface area contributed by atoms with E-state index in [4.69, 9.17) is 15.2 Å². The van der Waals surface area contributed by atoms with Crippen molar-refractivity contribution in [2.75, 3.05) is 13.2 Å². The molecular formula is C13H23NO3. The van der Waals surface area contributed by atoms with Crippen molar-refractivity contribution in [3.05, 3.63) is 0 Å². The summed E-state index contributed by atoms with van der Waals surface area (Å²) in [6.07, 6.45) is 7.45. The molecule has 2 rings (SSSR count). The molecule has 0 radical (unpaired) electrons. The van der Waals surface area contributed by atoms with Crippen LogP contribution in [0.4, 0.5) is 0 Å². The summed E-state index contributed by atoms with van der Waals surface area (Å²) in [6.45, 7) is 1.38. The topological polar surface area (TPSA) is 61.6 Å². The smallest absolute Gasteiger partial charge is 0.323 e. The van der Waals surface area contributed by atoms with Gasteiger partial charge in [0.15, 0.2) is 0 Å². The molecule has 1 aliphatic heterocycles. The second-order valence-corrected chi connectivity index (χ2v) is 5.17. The fraction of sp³-hybridized carbons (Fsp3) is 0.923. The Kier molecular flexibility index (Phi) is 4.80. The number of esters is 1. The molecule has 2 N–H and O–H groups in total. The van der Waals surface area contributed by atoms with Crippen LogP contribution in [0, 0.1) is 5.92 Å². The summed E-state index contributed by atoms with van der Waals surface area (Å²) >= 11 is 0. The van der Waals surface area contributed by atoms with Crippen molar-refractivity contribution >= 4 is 5.97 Å². The Morgan fingerprint density at radius 3 is 2.41 bits per heavy atom. The monoisotopic (exact) mass is 241 g/mol. The maximum absolute atomic E-state index is 11.9. The fourth-order valence-corrected chi connectivity index (χ4v) is 2.72. The molecule has 1 heterocycles. The molecule has 2 fully saturated rings. The zero-order chi connectivity index (χ0) is 12.1. The van der Waals surface area contributed by atoms with Crippen LogP contribution < -0.4 is 5.73 Å². The summed E-state index contributed by atoms with van der Waals surface area (Å²) in [5.41, 5.74) is 6.00. The number of hydrogen-bond acceptors (Lipinski definition) is 4. The Bertz CT molecular complexity index is 245. The van der Waals surface area contributed by atoms with E-state index in [-0.39, 0.29) is 12.1 Å². The van der Waals surface area contributed by atoms with Gasteiger partial charge < -0.3 is 15.2 Å². The van der Waals surface area contributed by atoms with Crippen molar-refractivity contribution in [1.82, 2.24) is 0 Å². The summed E-state index contributed by atoms with van der Waals surface area (Å²) in [7, 11) is 0. The van der Waals surface area contributed by atoms with E-state index >= 15 is 0 Å². The zero-order valence-corrected chi connectivity index (χ0v) is 10.4. The Morgan fingerprint density at radius 1 is 1.12 bits per heavy atom. The third-order valence-electron chi connectivity index (χ3n) is 3.88. The van der Waals surface area contributed by atoms with E-state index in [1.807, 2.05) is 0 Å². The molecule has 0 bridgehead atoms. The van der Waals surface area contributed by atoms with Crippen molar-refractivity contribution < 1.29 is 14.3 Å². The van der Waals surface area contributed by atoms with Gasteiger partial charge in [-0.05, 0) is 18.8 Å². The maximum atomic E-state index is 11.9. The standard InChI is InChI=1S/C13H23NO3/c14-12(10-4-2-1-3-5-10)13(15)17-11-6-8-16-9-7-11/h10-12H,1-9,14H2. The average molecular weight is 241 g/mol. The number of hydrogen-bond donors (Lipinski definition) is 1. The van der Waals surface area contributed by atoms with Gasteiger partial charge in [-0.1, -0.05) is 19.3 Å². The zero-order valence-electron chi connectivity index (χ0n) is 10.4. The maximum Gasteiger partial charge on any atom is 0.323 e. The van der Waals surface area contributed by atoms with Crippen molar-refractivity contribution in [3.63, 3.8) is 0 Å². The van der Waals surface area contributed by atoms with E-state index < -0.39 is 6.04 Å². The summed E-state index contributed by atoms with van der Waals surface area (Å²) < 4.78 is 10.7. The van der Waals surface area contributed by atoms with Crippen LogP contribution in [0.15, 0.2) is 0 Å². The molecule has 4 heteroatoms. The molecule has 1 atom stereocenters. The van der Waals surface area contributed by atoms with Gasteiger partial charge in [0.2, 0.25) is 0 Å². The van der Waals surface area contributed by atoms with Crippen LogP contribution in [-0.4, -0.2) is 31.3 Å². The Hall–Kier alpha value is -0.610. The van der Waals surface area contributed by atoms with Gasteiger partial charge in [0.05, 0.1) is 13.2 Å². The molecule has 0 amide bonds. The largest absolute Gasteiger partial charge is 0.461 e. The van der Waals surface area contributed by atoms with E-state index in [0.717, 1.165) is 25.7 Å². The number of carbonyl (C=O) groups excluding carboxylic acids is 1. The number of ether oxygens (including phenoxy) is 2. The molecule has 1 saturated heterocycles. The van der Waals surface area contributed by atoms with Crippen LogP contribution in [-0.2, 0) is 14.3 Å². The van der Waals surface area contributed by atoms with E-state index in [1.165, 1.54) is 19.3 Å². The molecule has 4 nitrogen and oxygen atoms in total. The SMILES string of the molecule is NC(C(=O)OC1CCOCC1)C1CCCCC1. The highest BCUT2D eigenvalue weighted by Crippen LogP contribution is 2.26. The molecule has 0 spiro atoms. The van der Waals surface area contributed by atoms with Gasteiger partial charge in [-0.15, -0.1) is 0 Å². The van der Waals surface area contributed by atoms with Crippen molar-refractivity contribution in [1.29, 1.82) is 0 Å². The molecule has 0 aromatic carbocycles. The second kappa shape index (κ2) is 6.36. The summed E-state index contributed by atoms with van der Waals surface area (Å²) in [5.74, 6) is 0.125. The third-order valence-corrected chi connectivity index (χ3v) is 3.88. The van der Waals surface area contributed by atoms with Gasteiger partial charge in [0.25, 0.3) is 0 Å². The lowest BCUT2D eigenvalue weighted by atomic mass is 9.84. The first-order chi connectivity index (χ1) is 8.27. The van der Waals surface area contributed by atoms with Crippen molar-refractivity contribution in [2.45, 2.75) is 57.1 Å². The molecule has 1 aliphatic carbocycles. The summed E-state index contributed by atoms with van der Waals surface area (Å²) in [4.78, 5) is 11.9. The van der Waals surface area contributed by atoms with Gasteiger partial charge in [-0.3, -0.25) is 4.79 Å². The minimum Gasteiger partial charge on any atom is -0.461 e. The normalized spacial score (nSPS) is 25.5. The van der Waals surface area contributed by atoms with Crippen LogP contribution in [0.1, 0.15) is 44.9 Å². The lowest BCUT2D eigenvalue weighted by Gasteiger charge is -2.28. The highest BCUT2D eigenvalue weighted by molar-refractivity contribution is 5.76. The van der Waals surface area contributed by atoms with E-state index in [2.05, 4.69) is 0 Å². The van der Waals surface area contributed by atoms with Crippen molar-refractivity contribution in [3.8, 4) is 0 Å². The van der Waals surface area contributed by atoms with Crippen LogP contribution in [0.3, 0.4) is 0 Å². The predicted molar refractivity (Wildman–Crippen MR) is 64.5 cm³/mol. The van der Waals surface area contributed by atoms with E-state index in [1.54, 1.807) is 0 Å². The second-order valence-electron chi connectivity index (χ2n) is 5.17. The average Bonchev–Trinajstić information content (AvgIpc) is 2.40.